The van der Waals surface area contributed by atoms with Crippen molar-refractivity contribution in [3.05, 3.63) is 51.8 Å². The van der Waals surface area contributed by atoms with Gasteiger partial charge in [-0.2, -0.15) is 13.2 Å². The molecule has 1 fully saturated rings. The van der Waals surface area contributed by atoms with Crippen LogP contribution in [0.2, 0.25) is 5.02 Å². The zero-order valence-electron chi connectivity index (χ0n) is 17.0. The Morgan fingerprint density at radius 3 is 2.44 bits per heavy atom. The lowest BCUT2D eigenvalue weighted by atomic mass is 9.78. The van der Waals surface area contributed by atoms with Gasteiger partial charge in [-0.1, -0.05) is 48.3 Å². The largest absolute Gasteiger partial charge is 0.481 e. The molecule has 1 aromatic carbocycles. The van der Waals surface area contributed by atoms with E-state index in [9.17, 15) is 27.9 Å². The van der Waals surface area contributed by atoms with Gasteiger partial charge in [0.1, 0.15) is 0 Å². The molecule has 2 aliphatic rings. The van der Waals surface area contributed by atoms with E-state index in [1.54, 1.807) is 0 Å². The van der Waals surface area contributed by atoms with Gasteiger partial charge in [-0.3, -0.25) is 9.59 Å². The summed E-state index contributed by atoms with van der Waals surface area (Å²) in [5.74, 6) is -7.41. The Morgan fingerprint density at radius 2 is 1.94 bits per heavy atom. The quantitative estimate of drug-likeness (QED) is 0.435. The summed E-state index contributed by atoms with van der Waals surface area (Å²) < 4.78 is 55.7. The van der Waals surface area contributed by atoms with Gasteiger partial charge >= 0.3 is 12.1 Å². The van der Waals surface area contributed by atoms with Crippen LogP contribution in [0.25, 0.3) is 0 Å². The third kappa shape index (κ3) is 5.12. The van der Waals surface area contributed by atoms with Crippen molar-refractivity contribution in [1.82, 2.24) is 0 Å². The lowest BCUT2D eigenvalue weighted by Gasteiger charge is -2.31. The molecule has 0 radical (unpaired) electrons. The predicted octanol–water partition coefficient (Wildman–Crippen LogP) is 6.34. The molecule has 2 N–H and O–H groups in total. The Morgan fingerprint density at radius 1 is 1.28 bits per heavy atom. The van der Waals surface area contributed by atoms with Gasteiger partial charge in [-0.25, -0.2) is 4.39 Å². The number of alkyl halides is 3. The molecule has 0 heterocycles. The van der Waals surface area contributed by atoms with E-state index in [4.69, 9.17) is 23.2 Å². The summed E-state index contributed by atoms with van der Waals surface area (Å²) in [5.41, 5.74) is -1.50. The Bertz CT molecular complexity index is 986. The van der Waals surface area contributed by atoms with Crippen molar-refractivity contribution < 1.29 is 32.3 Å². The van der Waals surface area contributed by atoms with Crippen molar-refractivity contribution in [3.8, 4) is 0 Å². The standard InChI is InChI=1S/C22H21Cl2F4NO3/c1-11(22(26,27)28)16(12-2-5-14(23)6-3-12)19(30)29-18-15(24)7-4-13(17(18)25)10-21(8-9-21)20(31)32/h2,4-7,11-12,16H,3,8-10H2,1H3,(H,29,30)(H,31,32)/t11-,12?,16+/m1/s1. The second-order valence-corrected chi connectivity index (χ2v) is 9.19. The highest BCUT2D eigenvalue weighted by Gasteiger charge is 2.51. The van der Waals surface area contributed by atoms with Crippen LogP contribution in [0, 0.1) is 29.0 Å². The zero-order valence-corrected chi connectivity index (χ0v) is 18.5. The normalized spacial score (nSPS) is 21.5. The van der Waals surface area contributed by atoms with E-state index in [0.717, 1.165) is 6.92 Å². The van der Waals surface area contributed by atoms with Crippen LogP contribution in [0.5, 0.6) is 0 Å². The van der Waals surface area contributed by atoms with E-state index in [0.29, 0.717) is 17.9 Å². The molecule has 1 amide bonds. The van der Waals surface area contributed by atoms with Crippen LogP contribution in [0.15, 0.2) is 35.4 Å². The lowest BCUT2D eigenvalue weighted by molar-refractivity contribution is -0.188. The van der Waals surface area contributed by atoms with Crippen LogP contribution in [-0.2, 0) is 16.0 Å². The molecule has 0 aromatic heterocycles. The molecule has 0 aliphatic heterocycles. The molecule has 1 aromatic rings. The van der Waals surface area contributed by atoms with Crippen molar-refractivity contribution in [1.29, 1.82) is 0 Å². The fraction of sp³-hybridized carbons (Fsp3) is 0.455. The Kier molecular flexibility index (Phi) is 6.96. The molecular formula is C22H21Cl2F4NO3. The first-order valence-electron chi connectivity index (χ1n) is 9.97. The monoisotopic (exact) mass is 493 g/mol. The molecule has 3 atom stereocenters. The summed E-state index contributed by atoms with van der Waals surface area (Å²) in [5, 5.41) is 11.7. The fourth-order valence-electron chi connectivity index (χ4n) is 3.91. The molecule has 0 bridgehead atoms. The number of hydrogen-bond acceptors (Lipinski definition) is 2. The minimum absolute atomic E-state index is 0.0253. The van der Waals surface area contributed by atoms with Crippen LogP contribution < -0.4 is 5.32 Å². The maximum Gasteiger partial charge on any atom is 0.392 e. The van der Waals surface area contributed by atoms with Gasteiger partial charge in [0, 0.05) is 5.03 Å². The smallest absolute Gasteiger partial charge is 0.392 e. The number of benzene rings is 1. The summed E-state index contributed by atoms with van der Waals surface area (Å²) in [7, 11) is 0. The number of anilines is 1. The summed E-state index contributed by atoms with van der Waals surface area (Å²) >= 11 is 11.9. The zero-order chi connectivity index (χ0) is 23.8. The number of carbonyl (C=O) groups excluding carboxylic acids is 1. The number of carbonyl (C=O) groups is 2. The maximum absolute atomic E-state index is 15.2. The summed E-state index contributed by atoms with van der Waals surface area (Å²) in [6.07, 6.45) is 0.510. The maximum atomic E-state index is 15.2. The first kappa shape index (κ1) is 24.6. The molecule has 32 heavy (non-hydrogen) atoms. The molecule has 4 nitrogen and oxygen atoms in total. The van der Waals surface area contributed by atoms with Gasteiger partial charge in [0.25, 0.3) is 0 Å². The number of hydrogen-bond donors (Lipinski definition) is 2. The van der Waals surface area contributed by atoms with Gasteiger partial charge < -0.3 is 10.4 Å². The van der Waals surface area contributed by atoms with Crippen molar-refractivity contribution in [2.45, 2.75) is 38.8 Å². The summed E-state index contributed by atoms with van der Waals surface area (Å²) in [6.45, 7) is 0.899. The average Bonchev–Trinajstić information content (AvgIpc) is 3.49. The van der Waals surface area contributed by atoms with Crippen molar-refractivity contribution >= 4 is 40.8 Å². The van der Waals surface area contributed by atoms with Crippen LogP contribution in [-0.4, -0.2) is 23.2 Å². The Labute approximate surface area is 192 Å². The Balaban J connectivity index is 1.89. The van der Waals surface area contributed by atoms with Crippen LogP contribution in [0.4, 0.5) is 23.2 Å². The number of allylic oxidation sites excluding steroid dienone is 4. The highest BCUT2D eigenvalue weighted by Crippen LogP contribution is 2.49. The number of carboxylic acids is 1. The molecule has 0 spiro atoms. The first-order chi connectivity index (χ1) is 14.9. The molecule has 1 unspecified atom stereocenters. The van der Waals surface area contributed by atoms with E-state index >= 15 is 4.39 Å². The summed E-state index contributed by atoms with van der Waals surface area (Å²) in [4.78, 5) is 24.4. The van der Waals surface area contributed by atoms with Crippen molar-refractivity contribution in [2.24, 2.45) is 23.2 Å². The molecular weight excluding hydrogens is 473 g/mol. The van der Waals surface area contributed by atoms with Crippen molar-refractivity contribution in [2.75, 3.05) is 5.32 Å². The van der Waals surface area contributed by atoms with Gasteiger partial charge in [0.05, 0.1) is 28.0 Å². The number of halogens is 6. The van der Waals surface area contributed by atoms with Crippen LogP contribution in [0.3, 0.4) is 0 Å². The highest BCUT2D eigenvalue weighted by molar-refractivity contribution is 6.33. The lowest BCUT2D eigenvalue weighted by Crippen LogP contribution is -2.40. The first-order valence-corrected chi connectivity index (χ1v) is 10.7. The number of aliphatic carboxylic acids is 1. The average molecular weight is 494 g/mol. The van der Waals surface area contributed by atoms with Gasteiger partial charge in [0.2, 0.25) is 5.91 Å². The van der Waals surface area contributed by atoms with E-state index in [2.05, 4.69) is 5.32 Å². The topological polar surface area (TPSA) is 66.4 Å². The SMILES string of the molecule is C[C@H]([C@H](C(=O)Nc1c(Cl)ccc(CC2(C(=O)O)CC2)c1F)C1C=CC(Cl)=CC1)C(F)(F)F. The minimum Gasteiger partial charge on any atom is -0.481 e. The number of amides is 1. The molecule has 10 heteroatoms. The van der Waals surface area contributed by atoms with Crippen LogP contribution in [0.1, 0.15) is 31.7 Å². The molecule has 2 aliphatic carbocycles. The van der Waals surface area contributed by atoms with E-state index in [1.165, 1.54) is 30.4 Å². The minimum atomic E-state index is -4.66. The van der Waals surface area contributed by atoms with Crippen molar-refractivity contribution in [3.63, 3.8) is 0 Å². The number of nitrogens with one attached hydrogen (secondary N) is 1. The van der Waals surface area contributed by atoms with Gasteiger partial charge in [-0.15, -0.1) is 0 Å². The number of rotatable bonds is 7. The molecule has 174 valence electrons. The predicted molar refractivity (Wildman–Crippen MR) is 113 cm³/mol. The molecule has 3 rings (SSSR count). The second kappa shape index (κ2) is 9.06. The third-order valence-electron chi connectivity index (χ3n) is 6.16. The van der Waals surface area contributed by atoms with E-state index in [-0.39, 0.29) is 23.4 Å². The van der Waals surface area contributed by atoms with Gasteiger partial charge in [-0.05, 0) is 49.3 Å². The van der Waals surface area contributed by atoms with Crippen LogP contribution >= 0.6 is 23.2 Å². The number of carboxylic acid groups (broad SMARTS) is 1. The Hall–Kier alpha value is -2.06. The fourth-order valence-corrected chi connectivity index (χ4v) is 4.26. The summed E-state index contributed by atoms with van der Waals surface area (Å²) in [6, 6.07) is 2.61. The van der Waals surface area contributed by atoms with E-state index in [1.807, 2.05) is 0 Å². The third-order valence-corrected chi connectivity index (χ3v) is 6.76. The van der Waals surface area contributed by atoms with Gasteiger partial charge in [0.15, 0.2) is 5.82 Å². The molecule has 1 saturated carbocycles. The van der Waals surface area contributed by atoms with E-state index < -0.39 is 52.7 Å². The second-order valence-electron chi connectivity index (χ2n) is 8.35. The highest BCUT2D eigenvalue weighted by atomic mass is 35.5. The molecule has 0 saturated heterocycles.